The third-order valence-electron chi connectivity index (χ3n) is 2.72. The number of hydrogen-bond acceptors (Lipinski definition) is 3. The largest absolute Gasteiger partial charge is 0.341 e. The molecule has 3 nitrogen and oxygen atoms in total. The van der Waals surface area contributed by atoms with Crippen LogP contribution < -0.4 is 4.90 Å². The van der Waals surface area contributed by atoms with Gasteiger partial charge in [0.2, 0.25) is 5.95 Å². The molecule has 2 heterocycles. The van der Waals surface area contributed by atoms with Crippen LogP contribution in [0.5, 0.6) is 0 Å². The van der Waals surface area contributed by atoms with Crippen molar-refractivity contribution in [3.8, 4) is 0 Å². The minimum atomic E-state index is 0.578. The van der Waals surface area contributed by atoms with E-state index in [9.17, 15) is 0 Å². The Hall–Kier alpha value is -0.540. The molecule has 0 amide bonds. The second-order valence-electron chi connectivity index (χ2n) is 3.79. The van der Waals surface area contributed by atoms with E-state index in [0.29, 0.717) is 10.9 Å². The minimum absolute atomic E-state index is 0.578. The number of piperidine rings is 1. The van der Waals surface area contributed by atoms with E-state index in [1.54, 1.807) is 12.4 Å². The first kappa shape index (κ1) is 11.0. The first-order valence-electron chi connectivity index (χ1n) is 5.08. The lowest BCUT2D eigenvalue weighted by molar-refractivity contribution is 0.439. The molecule has 0 N–H and O–H groups in total. The zero-order chi connectivity index (χ0) is 10.7. The maximum absolute atomic E-state index is 5.83. The fraction of sp³-hybridized carbons (Fsp3) is 0.600. The molecule has 1 aliphatic rings. The monoisotopic (exact) mass is 245 g/mol. The Labute approximate surface area is 99.4 Å². The fourth-order valence-corrected chi connectivity index (χ4v) is 2.16. The molecule has 0 radical (unpaired) electrons. The normalized spacial score (nSPS) is 18.1. The van der Waals surface area contributed by atoms with Crippen LogP contribution in [-0.2, 0) is 0 Å². The number of hydrogen-bond donors (Lipinski definition) is 0. The summed E-state index contributed by atoms with van der Waals surface area (Å²) >= 11 is 11.6. The second kappa shape index (κ2) is 4.99. The molecule has 1 aromatic rings. The van der Waals surface area contributed by atoms with Crippen LogP contribution in [0.3, 0.4) is 0 Å². The molecule has 82 valence electrons. The molecule has 1 saturated heterocycles. The lowest BCUT2D eigenvalue weighted by Gasteiger charge is -2.30. The van der Waals surface area contributed by atoms with Crippen LogP contribution in [0.4, 0.5) is 5.95 Å². The van der Waals surface area contributed by atoms with Crippen molar-refractivity contribution in [2.24, 2.45) is 5.92 Å². The summed E-state index contributed by atoms with van der Waals surface area (Å²) in [4.78, 5) is 10.6. The van der Waals surface area contributed by atoms with E-state index in [2.05, 4.69) is 14.9 Å². The van der Waals surface area contributed by atoms with Crippen LogP contribution in [0, 0.1) is 5.92 Å². The van der Waals surface area contributed by atoms with Gasteiger partial charge in [-0.2, -0.15) is 0 Å². The average molecular weight is 246 g/mol. The quantitative estimate of drug-likeness (QED) is 0.751. The molecular formula is C10H13Cl2N3. The molecule has 0 aliphatic carbocycles. The Kier molecular flexibility index (Phi) is 3.65. The van der Waals surface area contributed by atoms with Crippen molar-refractivity contribution in [3.63, 3.8) is 0 Å². The highest BCUT2D eigenvalue weighted by atomic mass is 35.5. The number of nitrogens with zero attached hydrogens (tertiary/aromatic N) is 3. The van der Waals surface area contributed by atoms with Gasteiger partial charge >= 0.3 is 0 Å². The molecule has 0 unspecified atom stereocenters. The highest BCUT2D eigenvalue weighted by molar-refractivity contribution is 6.30. The summed E-state index contributed by atoms with van der Waals surface area (Å²) in [6, 6.07) is 0. The lowest BCUT2D eigenvalue weighted by atomic mass is 9.99. The second-order valence-corrected chi connectivity index (χ2v) is 4.53. The van der Waals surface area contributed by atoms with Crippen LogP contribution in [-0.4, -0.2) is 28.9 Å². The molecule has 0 spiro atoms. The van der Waals surface area contributed by atoms with Crippen molar-refractivity contribution in [1.29, 1.82) is 0 Å². The van der Waals surface area contributed by atoms with Gasteiger partial charge in [-0.3, -0.25) is 0 Å². The van der Waals surface area contributed by atoms with Crippen molar-refractivity contribution in [3.05, 3.63) is 17.4 Å². The Morgan fingerprint density at radius 3 is 2.40 bits per heavy atom. The van der Waals surface area contributed by atoms with E-state index in [1.165, 1.54) is 0 Å². The third kappa shape index (κ3) is 2.73. The highest BCUT2D eigenvalue weighted by Crippen LogP contribution is 2.21. The van der Waals surface area contributed by atoms with Crippen LogP contribution in [0.1, 0.15) is 12.8 Å². The molecule has 15 heavy (non-hydrogen) atoms. The summed E-state index contributed by atoms with van der Waals surface area (Å²) in [6.07, 6.45) is 5.51. The van der Waals surface area contributed by atoms with Crippen molar-refractivity contribution >= 4 is 29.2 Å². The van der Waals surface area contributed by atoms with E-state index in [-0.39, 0.29) is 0 Å². The standard InChI is InChI=1S/C10H13Cl2N3/c11-5-8-1-3-15(4-2-8)10-13-6-9(12)7-14-10/h6-8H,1-5H2. The summed E-state index contributed by atoms with van der Waals surface area (Å²) in [5, 5.41) is 0.578. The maximum atomic E-state index is 5.83. The summed E-state index contributed by atoms with van der Waals surface area (Å²) in [5.74, 6) is 2.18. The van der Waals surface area contributed by atoms with Crippen molar-refractivity contribution < 1.29 is 0 Å². The third-order valence-corrected chi connectivity index (χ3v) is 3.35. The molecule has 0 saturated carbocycles. The van der Waals surface area contributed by atoms with Gasteiger partial charge in [-0.1, -0.05) is 11.6 Å². The zero-order valence-electron chi connectivity index (χ0n) is 8.37. The topological polar surface area (TPSA) is 29.0 Å². The van der Waals surface area contributed by atoms with Gasteiger partial charge in [-0.05, 0) is 18.8 Å². The van der Waals surface area contributed by atoms with Gasteiger partial charge in [0.1, 0.15) is 0 Å². The van der Waals surface area contributed by atoms with E-state index >= 15 is 0 Å². The first-order valence-corrected chi connectivity index (χ1v) is 5.99. The van der Waals surface area contributed by atoms with Gasteiger partial charge in [0.15, 0.2) is 0 Å². The van der Waals surface area contributed by atoms with Gasteiger partial charge in [0.25, 0.3) is 0 Å². The number of halogens is 2. The predicted molar refractivity (Wildman–Crippen MR) is 62.7 cm³/mol. The molecule has 1 fully saturated rings. The van der Waals surface area contributed by atoms with Gasteiger partial charge in [-0.25, -0.2) is 9.97 Å². The van der Waals surface area contributed by atoms with Gasteiger partial charge in [0.05, 0.1) is 17.4 Å². The Morgan fingerprint density at radius 1 is 1.27 bits per heavy atom. The Bertz CT molecular complexity index is 307. The molecule has 1 aromatic heterocycles. The molecule has 0 atom stereocenters. The summed E-state index contributed by atoms with van der Waals surface area (Å²) in [6.45, 7) is 1.97. The van der Waals surface area contributed by atoms with Crippen LogP contribution in [0.2, 0.25) is 5.02 Å². The molecule has 5 heteroatoms. The number of aromatic nitrogens is 2. The summed E-state index contributed by atoms with van der Waals surface area (Å²) in [7, 11) is 0. The van der Waals surface area contributed by atoms with Crippen molar-refractivity contribution in [1.82, 2.24) is 9.97 Å². The fourth-order valence-electron chi connectivity index (χ4n) is 1.76. The lowest BCUT2D eigenvalue weighted by Crippen LogP contribution is -2.35. The van der Waals surface area contributed by atoms with Crippen molar-refractivity contribution in [2.75, 3.05) is 23.9 Å². The minimum Gasteiger partial charge on any atom is -0.341 e. The van der Waals surface area contributed by atoms with Crippen LogP contribution >= 0.6 is 23.2 Å². The van der Waals surface area contributed by atoms with Crippen LogP contribution in [0.25, 0.3) is 0 Å². The number of anilines is 1. The van der Waals surface area contributed by atoms with E-state index in [1.807, 2.05) is 0 Å². The predicted octanol–water partition coefficient (Wildman–Crippen LogP) is 2.59. The average Bonchev–Trinajstić information content (AvgIpc) is 2.30. The first-order chi connectivity index (χ1) is 7.29. The molecule has 0 aromatic carbocycles. The van der Waals surface area contributed by atoms with Gasteiger partial charge in [0, 0.05) is 19.0 Å². The SMILES string of the molecule is ClCC1CCN(c2ncc(Cl)cn2)CC1. The van der Waals surface area contributed by atoms with Gasteiger partial charge < -0.3 is 4.90 Å². The molecular weight excluding hydrogens is 233 g/mol. The Balaban J connectivity index is 1.98. The number of alkyl halides is 1. The Morgan fingerprint density at radius 2 is 1.87 bits per heavy atom. The van der Waals surface area contributed by atoms with E-state index in [0.717, 1.165) is 37.8 Å². The summed E-state index contributed by atoms with van der Waals surface area (Å²) in [5.41, 5.74) is 0. The van der Waals surface area contributed by atoms with E-state index < -0.39 is 0 Å². The van der Waals surface area contributed by atoms with Crippen molar-refractivity contribution in [2.45, 2.75) is 12.8 Å². The molecule has 2 rings (SSSR count). The van der Waals surface area contributed by atoms with Crippen LogP contribution in [0.15, 0.2) is 12.4 Å². The number of rotatable bonds is 2. The zero-order valence-corrected chi connectivity index (χ0v) is 9.88. The van der Waals surface area contributed by atoms with E-state index in [4.69, 9.17) is 23.2 Å². The molecule has 0 bridgehead atoms. The smallest absolute Gasteiger partial charge is 0.225 e. The highest BCUT2D eigenvalue weighted by Gasteiger charge is 2.19. The summed E-state index contributed by atoms with van der Waals surface area (Å²) < 4.78 is 0. The van der Waals surface area contributed by atoms with Gasteiger partial charge in [-0.15, -0.1) is 11.6 Å². The maximum Gasteiger partial charge on any atom is 0.225 e. The molecule has 1 aliphatic heterocycles.